The molecule has 0 unspecified atom stereocenters. The molecular weight excluding hydrogens is 344 g/mol. The minimum absolute atomic E-state index is 0.131. The lowest BCUT2D eigenvalue weighted by Crippen LogP contribution is -2.38. The molecule has 0 saturated carbocycles. The minimum Gasteiger partial charge on any atom is -0.351 e. The summed E-state index contributed by atoms with van der Waals surface area (Å²) in [5.74, 6) is -1.02. The van der Waals surface area contributed by atoms with Crippen LogP contribution in [0, 0.1) is 0 Å². The van der Waals surface area contributed by atoms with Crippen molar-refractivity contribution in [3.63, 3.8) is 0 Å². The average molecular weight is 359 g/mol. The van der Waals surface area contributed by atoms with E-state index in [0.29, 0.717) is 10.7 Å². The Morgan fingerprint density at radius 3 is 2.60 bits per heavy atom. The molecule has 128 valence electrons. The van der Waals surface area contributed by atoms with E-state index in [1.807, 2.05) is 29.9 Å². The van der Waals surface area contributed by atoms with Crippen LogP contribution in [-0.4, -0.2) is 33.9 Å². The Bertz CT molecular complexity index is 870. The second-order valence-electron chi connectivity index (χ2n) is 5.48. The summed E-state index contributed by atoms with van der Waals surface area (Å²) in [4.78, 5) is 37.3. The van der Waals surface area contributed by atoms with E-state index >= 15 is 0 Å². The van der Waals surface area contributed by atoms with Crippen LogP contribution in [0.4, 0.5) is 10.5 Å². The van der Waals surface area contributed by atoms with E-state index in [2.05, 4.69) is 10.6 Å². The van der Waals surface area contributed by atoms with Crippen molar-refractivity contribution in [2.24, 2.45) is 7.05 Å². The van der Waals surface area contributed by atoms with Crippen LogP contribution in [0.5, 0.6) is 0 Å². The van der Waals surface area contributed by atoms with Crippen molar-refractivity contribution in [3.8, 4) is 0 Å². The Morgan fingerprint density at radius 2 is 1.96 bits per heavy atom. The number of carbonyl (C=O) groups excluding carboxylic acids is 3. The maximum atomic E-state index is 12.4. The van der Waals surface area contributed by atoms with Gasteiger partial charge in [-0.1, -0.05) is 11.6 Å². The monoisotopic (exact) mass is 358 g/mol. The van der Waals surface area contributed by atoms with Gasteiger partial charge in [-0.2, -0.15) is 0 Å². The van der Waals surface area contributed by atoms with Crippen LogP contribution >= 0.6 is 11.6 Å². The Hall–Kier alpha value is -3.06. The molecule has 25 heavy (non-hydrogen) atoms. The number of hydrogen-bond acceptors (Lipinski definition) is 3. The van der Waals surface area contributed by atoms with Gasteiger partial charge in [0.15, 0.2) is 0 Å². The van der Waals surface area contributed by atoms with E-state index in [1.165, 1.54) is 0 Å². The second-order valence-corrected chi connectivity index (χ2v) is 5.91. The highest BCUT2D eigenvalue weighted by molar-refractivity contribution is 6.30. The molecule has 1 aromatic carbocycles. The molecule has 2 aromatic rings. The highest BCUT2D eigenvalue weighted by Gasteiger charge is 2.35. The average Bonchev–Trinajstić information content (AvgIpc) is 3.08. The summed E-state index contributed by atoms with van der Waals surface area (Å²) >= 11 is 5.78. The summed E-state index contributed by atoms with van der Waals surface area (Å²) < 4.78 is 1.81. The molecule has 3 rings (SSSR count). The fourth-order valence-electron chi connectivity index (χ4n) is 2.36. The third-order valence-electron chi connectivity index (χ3n) is 3.67. The van der Waals surface area contributed by atoms with Crippen LogP contribution in [0.3, 0.4) is 0 Å². The quantitative estimate of drug-likeness (QED) is 0.649. The van der Waals surface area contributed by atoms with E-state index in [0.717, 1.165) is 10.6 Å². The molecule has 1 aromatic heterocycles. The molecule has 8 heteroatoms. The third kappa shape index (κ3) is 3.72. The number of imide groups is 1. The first-order valence-electron chi connectivity index (χ1n) is 7.45. The number of benzene rings is 1. The Morgan fingerprint density at radius 1 is 1.24 bits per heavy atom. The zero-order valence-electron chi connectivity index (χ0n) is 13.3. The molecule has 1 fully saturated rings. The number of amides is 4. The number of aromatic nitrogens is 1. The molecule has 7 nitrogen and oxygen atoms in total. The molecule has 2 heterocycles. The van der Waals surface area contributed by atoms with Gasteiger partial charge in [-0.05, 0) is 42.5 Å². The van der Waals surface area contributed by atoms with Gasteiger partial charge in [0, 0.05) is 29.6 Å². The van der Waals surface area contributed by atoms with Crippen LogP contribution in [-0.2, 0) is 16.6 Å². The standard InChI is InChI=1S/C17H15ClN4O3/c1-21-8-2-3-13(21)9-14-16(24)22(17(25)20-14)10-15(23)19-12-6-4-11(18)5-7-12/h2-9H,10H2,1H3,(H,19,23)(H,20,25)/b14-9-. The molecule has 0 radical (unpaired) electrons. The van der Waals surface area contributed by atoms with Crippen molar-refractivity contribution in [2.75, 3.05) is 11.9 Å². The van der Waals surface area contributed by atoms with E-state index in [4.69, 9.17) is 11.6 Å². The van der Waals surface area contributed by atoms with Gasteiger partial charge in [-0.25, -0.2) is 9.69 Å². The van der Waals surface area contributed by atoms with Gasteiger partial charge >= 0.3 is 6.03 Å². The Labute approximate surface area is 148 Å². The number of nitrogens with one attached hydrogen (secondary N) is 2. The van der Waals surface area contributed by atoms with Crippen LogP contribution < -0.4 is 10.6 Å². The van der Waals surface area contributed by atoms with Crippen LogP contribution in [0.25, 0.3) is 6.08 Å². The molecular formula is C17H15ClN4O3. The Balaban J connectivity index is 1.68. The maximum absolute atomic E-state index is 12.4. The van der Waals surface area contributed by atoms with Gasteiger partial charge in [0.05, 0.1) is 0 Å². The number of rotatable bonds is 4. The number of aryl methyl sites for hydroxylation is 1. The predicted molar refractivity (Wildman–Crippen MR) is 93.7 cm³/mol. The zero-order chi connectivity index (χ0) is 18.0. The molecule has 4 amide bonds. The molecule has 0 atom stereocenters. The Kier molecular flexibility index (Phi) is 4.58. The smallest absolute Gasteiger partial charge is 0.329 e. The predicted octanol–water partition coefficient (Wildman–Crippen LogP) is 2.21. The number of carbonyl (C=O) groups is 3. The first-order valence-corrected chi connectivity index (χ1v) is 7.83. The highest BCUT2D eigenvalue weighted by atomic mass is 35.5. The molecule has 1 aliphatic heterocycles. The van der Waals surface area contributed by atoms with Gasteiger partial charge in [0.1, 0.15) is 12.2 Å². The fourth-order valence-corrected chi connectivity index (χ4v) is 2.49. The van der Waals surface area contributed by atoms with E-state index in [-0.39, 0.29) is 12.2 Å². The van der Waals surface area contributed by atoms with Crippen molar-refractivity contribution in [2.45, 2.75) is 0 Å². The highest BCUT2D eigenvalue weighted by Crippen LogP contribution is 2.16. The van der Waals surface area contributed by atoms with Crippen LogP contribution in [0.1, 0.15) is 5.69 Å². The molecule has 0 aliphatic carbocycles. The van der Waals surface area contributed by atoms with Crippen molar-refractivity contribution in [1.82, 2.24) is 14.8 Å². The van der Waals surface area contributed by atoms with E-state index in [1.54, 1.807) is 30.3 Å². The molecule has 0 spiro atoms. The molecule has 1 saturated heterocycles. The number of nitrogens with zero attached hydrogens (tertiary/aromatic N) is 2. The van der Waals surface area contributed by atoms with E-state index in [9.17, 15) is 14.4 Å². The molecule has 2 N–H and O–H groups in total. The molecule has 1 aliphatic rings. The topological polar surface area (TPSA) is 83.4 Å². The first kappa shape index (κ1) is 16.8. The van der Waals surface area contributed by atoms with Gasteiger partial charge in [-0.3, -0.25) is 9.59 Å². The van der Waals surface area contributed by atoms with Crippen molar-refractivity contribution < 1.29 is 14.4 Å². The van der Waals surface area contributed by atoms with E-state index < -0.39 is 17.8 Å². The van der Waals surface area contributed by atoms with Gasteiger partial charge in [0.2, 0.25) is 5.91 Å². The normalized spacial score (nSPS) is 15.6. The number of anilines is 1. The largest absolute Gasteiger partial charge is 0.351 e. The summed E-state index contributed by atoms with van der Waals surface area (Å²) in [6.07, 6.45) is 3.39. The van der Waals surface area contributed by atoms with Crippen LogP contribution in [0.2, 0.25) is 5.02 Å². The van der Waals surface area contributed by atoms with Crippen molar-refractivity contribution in [3.05, 3.63) is 59.0 Å². The van der Waals surface area contributed by atoms with Gasteiger partial charge < -0.3 is 15.2 Å². The van der Waals surface area contributed by atoms with Crippen molar-refractivity contribution >= 4 is 41.2 Å². The van der Waals surface area contributed by atoms with Crippen molar-refractivity contribution in [1.29, 1.82) is 0 Å². The lowest BCUT2D eigenvalue weighted by atomic mass is 10.3. The van der Waals surface area contributed by atoms with Gasteiger partial charge in [-0.15, -0.1) is 0 Å². The molecule has 0 bridgehead atoms. The summed E-state index contributed by atoms with van der Waals surface area (Å²) in [6.45, 7) is -0.377. The number of hydrogen-bond donors (Lipinski definition) is 2. The lowest BCUT2D eigenvalue weighted by molar-refractivity contribution is -0.127. The summed E-state index contributed by atoms with van der Waals surface area (Å²) in [6, 6.07) is 9.53. The summed E-state index contributed by atoms with van der Waals surface area (Å²) in [7, 11) is 1.82. The number of urea groups is 1. The van der Waals surface area contributed by atoms with Gasteiger partial charge in [0.25, 0.3) is 5.91 Å². The summed E-state index contributed by atoms with van der Waals surface area (Å²) in [5.41, 5.74) is 1.42. The number of halogens is 1. The van der Waals surface area contributed by atoms with Crippen LogP contribution in [0.15, 0.2) is 48.3 Å². The SMILES string of the molecule is Cn1cccc1/C=C1\NC(=O)N(CC(=O)Nc2ccc(Cl)cc2)C1=O. The maximum Gasteiger partial charge on any atom is 0.329 e. The second kappa shape index (κ2) is 6.82. The fraction of sp³-hybridized carbons (Fsp3) is 0.118. The summed E-state index contributed by atoms with van der Waals surface area (Å²) in [5, 5.41) is 5.64. The minimum atomic E-state index is -0.628. The first-order chi connectivity index (χ1) is 11.9. The third-order valence-corrected chi connectivity index (χ3v) is 3.92. The zero-order valence-corrected chi connectivity index (χ0v) is 14.1. The lowest BCUT2D eigenvalue weighted by Gasteiger charge is -2.12.